The number of benzene rings is 3. The molecule has 0 fully saturated rings. The van der Waals surface area contributed by atoms with E-state index >= 15 is 0 Å². The fourth-order valence-electron chi connectivity index (χ4n) is 4.17. The van der Waals surface area contributed by atoms with E-state index in [0.717, 1.165) is 23.2 Å². The number of carbonyl (C=O) groups excluding carboxylic acids is 1. The number of rotatable bonds is 4. The van der Waals surface area contributed by atoms with Gasteiger partial charge in [0.15, 0.2) is 0 Å². The van der Waals surface area contributed by atoms with Crippen LogP contribution in [-0.4, -0.2) is 29.1 Å². The Bertz CT molecular complexity index is 1230. The van der Waals surface area contributed by atoms with E-state index in [1.807, 2.05) is 36.4 Å². The van der Waals surface area contributed by atoms with Gasteiger partial charge in [0.25, 0.3) is 0 Å². The molecule has 5 rings (SSSR count). The molecule has 1 aromatic heterocycles. The molecule has 1 aliphatic heterocycles. The van der Waals surface area contributed by atoms with Crippen molar-refractivity contribution in [2.75, 3.05) is 13.1 Å². The van der Waals surface area contributed by atoms with Gasteiger partial charge in [0.1, 0.15) is 6.61 Å². The van der Waals surface area contributed by atoms with Crippen molar-refractivity contribution < 1.29 is 9.53 Å². The van der Waals surface area contributed by atoms with E-state index in [-0.39, 0.29) is 6.09 Å². The normalized spacial score (nSPS) is 13.8. The second-order valence-electron chi connectivity index (χ2n) is 7.75. The molecule has 4 aromatic rings. The van der Waals surface area contributed by atoms with E-state index in [9.17, 15) is 4.79 Å². The van der Waals surface area contributed by atoms with Crippen LogP contribution in [0.3, 0.4) is 0 Å². The summed E-state index contributed by atoms with van der Waals surface area (Å²) < 4.78 is 5.51. The first-order valence-corrected chi connectivity index (χ1v) is 10.6. The zero-order chi connectivity index (χ0) is 21.0. The lowest BCUT2D eigenvalue weighted by Gasteiger charge is -2.26. The molecule has 0 aliphatic carbocycles. The maximum Gasteiger partial charge on any atom is 0.410 e. The number of aromatic nitrogens is 1. The molecular weight excluding hydrogens is 384 g/mol. The molecule has 1 aliphatic rings. The highest BCUT2D eigenvalue weighted by molar-refractivity contribution is 6.00. The number of hydrogen-bond donors (Lipinski definition) is 1. The standard InChI is InChI=1S/C27H24N2O2/c30-27(31-19-20-9-3-1-4-10-20)29-17-15-21(16-18-29)25-23-13-7-8-14-24(23)28-26(25)22-11-5-2-6-12-22/h1-15,28H,16-19H2. The SMILES string of the molecule is O=C(OCc1ccccc1)N1CC=C(c2c(-c3ccccc3)[nH]c3ccccc23)CC1. The molecule has 3 aromatic carbocycles. The molecule has 1 amide bonds. The van der Waals surface area contributed by atoms with E-state index in [1.165, 1.54) is 22.1 Å². The summed E-state index contributed by atoms with van der Waals surface area (Å²) in [4.78, 5) is 17.9. The maximum absolute atomic E-state index is 12.5. The van der Waals surface area contributed by atoms with E-state index in [2.05, 4.69) is 59.6 Å². The minimum absolute atomic E-state index is 0.263. The Labute approximate surface area is 181 Å². The summed E-state index contributed by atoms with van der Waals surface area (Å²) >= 11 is 0. The molecule has 1 N–H and O–H groups in total. The Morgan fingerprint density at radius 1 is 0.903 bits per heavy atom. The fourth-order valence-corrected chi connectivity index (χ4v) is 4.17. The molecule has 0 atom stereocenters. The van der Waals surface area contributed by atoms with E-state index in [4.69, 9.17) is 4.74 Å². The Morgan fingerprint density at radius 2 is 1.61 bits per heavy atom. The number of H-pyrrole nitrogens is 1. The van der Waals surface area contributed by atoms with E-state index < -0.39 is 0 Å². The number of nitrogens with zero attached hydrogens (tertiary/aromatic N) is 1. The van der Waals surface area contributed by atoms with Crippen molar-refractivity contribution in [3.05, 3.63) is 102 Å². The van der Waals surface area contributed by atoms with Crippen molar-refractivity contribution in [2.45, 2.75) is 13.0 Å². The van der Waals surface area contributed by atoms with Gasteiger partial charge < -0.3 is 14.6 Å². The molecule has 0 unspecified atom stereocenters. The van der Waals surface area contributed by atoms with Crippen LogP contribution in [0.15, 0.2) is 91.0 Å². The zero-order valence-corrected chi connectivity index (χ0v) is 17.3. The van der Waals surface area contributed by atoms with Gasteiger partial charge in [-0.15, -0.1) is 0 Å². The first-order chi connectivity index (χ1) is 15.3. The number of carbonyl (C=O) groups is 1. The number of ether oxygens (including phenoxy) is 1. The second kappa shape index (κ2) is 8.52. The zero-order valence-electron chi connectivity index (χ0n) is 17.3. The van der Waals surface area contributed by atoms with Crippen LogP contribution < -0.4 is 0 Å². The van der Waals surface area contributed by atoms with Crippen LogP contribution in [0.4, 0.5) is 4.79 Å². The molecule has 4 nitrogen and oxygen atoms in total. The van der Waals surface area contributed by atoms with Gasteiger partial charge in [-0.1, -0.05) is 84.9 Å². The summed E-state index contributed by atoms with van der Waals surface area (Å²) in [6, 6.07) is 28.6. The summed E-state index contributed by atoms with van der Waals surface area (Å²) in [6.07, 6.45) is 2.69. The number of hydrogen-bond acceptors (Lipinski definition) is 2. The third-order valence-corrected chi connectivity index (χ3v) is 5.76. The number of fused-ring (bicyclic) bond motifs is 1. The average molecular weight is 409 g/mol. The van der Waals surface area contributed by atoms with Crippen molar-refractivity contribution in [3.63, 3.8) is 0 Å². The highest BCUT2D eigenvalue weighted by Crippen LogP contribution is 2.37. The largest absolute Gasteiger partial charge is 0.445 e. The van der Waals surface area contributed by atoms with Gasteiger partial charge in [0.2, 0.25) is 0 Å². The van der Waals surface area contributed by atoms with Crippen LogP contribution >= 0.6 is 0 Å². The molecule has 0 radical (unpaired) electrons. The van der Waals surface area contributed by atoms with Crippen LogP contribution in [0, 0.1) is 0 Å². The topological polar surface area (TPSA) is 45.3 Å². The van der Waals surface area contributed by atoms with Crippen LogP contribution in [0.1, 0.15) is 17.5 Å². The second-order valence-corrected chi connectivity index (χ2v) is 7.75. The molecule has 4 heteroatoms. The lowest BCUT2D eigenvalue weighted by atomic mass is 9.94. The molecular formula is C27H24N2O2. The van der Waals surface area contributed by atoms with Crippen molar-refractivity contribution in [3.8, 4) is 11.3 Å². The number of para-hydroxylation sites is 1. The Hall–Kier alpha value is -3.79. The first kappa shape index (κ1) is 19.2. The van der Waals surface area contributed by atoms with Gasteiger partial charge in [-0.2, -0.15) is 0 Å². The van der Waals surface area contributed by atoms with Gasteiger partial charge in [-0.25, -0.2) is 4.79 Å². The Balaban J connectivity index is 1.38. The summed E-state index contributed by atoms with van der Waals surface area (Å²) in [5.74, 6) is 0. The predicted octanol–water partition coefficient (Wildman–Crippen LogP) is 6.26. The fraction of sp³-hybridized carbons (Fsp3) is 0.148. The predicted molar refractivity (Wildman–Crippen MR) is 125 cm³/mol. The van der Waals surface area contributed by atoms with Gasteiger partial charge in [0.05, 0.1) is 5.69 Å². The number of aromatic amines is 1. The monoisotopic (exact) mass is 408 g/mol. The van der Waals surface area contributed by atoms with Crippen molar-refractivity contribution in [1.29, 1.82) is 0 Å². The van der Waals surface area contributed by atoms with Gasteiger partial charge >= 0.3 is 6.09 Å². The third kappa shape index (κ3) is 3.97. The van der Waals surface area contributed by atoms with E-state index in [0.29, 0.717) is 19.7 Å². The smallest absolute Gasteiger partial charge is 0.410 e. The minimum atomic E-state index is -0.263. The van der Waals surface area contributed by atoms with Gasteiger partial charge in [0, 0.05) is 29.6 Å². The summed E-state index contributed by atoms with van der Waals surface area (Å²) in [7, 11) is 0. The highest BCUT2D eigenvalue weighted by Gasteiger charge is 2.23. The lowest BCUT2D eigenvalue weighted by molar-refractivity contribution is 0.0998. The molecule has 2 heterocycles. The summed E-state index contributed by atoms with van der Waals surface area (Å²) in [5, 5.41) is 1.22. The first-order valence-electron chi connectivity index (χ1n) is 10.6. The quantitative estimate of drug-likeness (QED) is 0.433. The molecule has 0 spiro atoms. The number of nitrogens with one attached hydrogen (secondary N) is 1. The molecule has 0 saturated carbocycles. The minimum Gasteiger partial charge on any atom is -0.445 e. The van der Waals surface area contributed by atoms with E-state index in [1.54, 1.807) is 4.90 Å². The summed E-state index contributed by atoms with van der Waals surface area (Å²) in [6.45, 7) is 1.50. The third-order valence-electron chi connectivity index (χ3n) is 5.76. The maximum atomic E-state index is 12.5. The van der Waals surface area contributed by atoms with Gasteiger partial charge in [-0.05, 0) is 29.2 Å². The Kier molecular flexibility index (Phi) is 5.28. The van der Waals surface area contributed by atoms with Crippen LogP contribution in [0.2, 0.25) is 0 Å². The van der Waals surface area contributed by atoms with Crippen LogP contribution in [0.25, 0.3) is 27.7 Å². The van der Waals surface area contributed by atoms with Crippen molar-refractivity contribution in [1.82, 2.24) is 9.88 Å². The van der Waals surface area contributed by atoms with Gasteiger partial charge in [-0.3, -0.25) is 0 Å². The molecule has 154 valence electrons. The van der Waals surface area contributed by atoms with Crippen LogP contribution in [0.5, 0.6) is 0 Å². The molecule has 31 heavy (non-hydrogen) atoms. The van der Waals surface area contributed by atoms with Crippen LogP contribution in [-0.2, 0) is 11.3 Å². The average Bonchev–Trinajstić information content (AvgIpc) is 3.23. The highest BCUT2D eigenvalue weighted by atomic mass is 16.6. The van der Waals surface area contributed by atoms with Crippen molar-refractivity contribution in [2.24, 2.45) is 0 Å². The lowest BCUT2D eigenvalue weighted by Crippen LogP contribution is -2.35. The molecule has 0 bridgehead atoms. The Morgan fingerprint density at radius 3 is 2.35 bits per heavy atom. The number of amides is 1. The molecule has 0 saturated heterocycles. The van der Waals surface area contributed by atoms with Crippen molar-refractivity contribution >= 4 is 22.6 Å². The summed E-state index contributed by atoms with van der Waals surface area (Å²) in [5.41, 5.74) is 6.92.